The number of anilines is 1. The second-order valence-electron chi connectivity index (χ2n) is 5.70. The van der Waals surface area contributed by atoms with E-state index >= 15 is 0 Å². The van der Waals surface area contributed by atoms with Crippen LogP contribution in [0.3, 0.4) is 0 Å². The summed E-state index contributed by atoms with van der Waals surface area (Å²) in [6, 6.07) is 8.85. The number of ether oxygens (including phenoxy) is 1. The van der Waals surface area contributed by atoms with Crippen LogP contribution in [0.15, 0.2) is 47.2 Å². The molecule has 1 aromatic carbocycles. The van der Waals surface area contributed by atoms with Gasteiger partial charge in [0, 0.05) is 21.9 Å². The van der Waals surface area contributed by atoms with Crippen molar-refractivity contribution in [2.24, 2.45) is 0 Å². The number of carbonyl (C=O) groups is 1. The van der Waals surface area contributed by atoms with E-state index in [4.69, 9.17) is 16.3 Å². The molecule has 0 aliphatic carbocycles. The molecule has 0 atom stereocenters. The summed E-state index contributed by atoms with van der Waals surface area (Å²) in [5.74, 6) is 0.817. The highest BCUT2D eigenvalue weighted by Crippen LogP contribution is 2.26. The summed E-state index contributed by atoms with van der Waals surface area (Å²) in [6.45, 7) is 4.04. The molecule has 26 heavy (non-hydrogen) atoms. The number of amides is 1. The van der Waals surface area contributed by atoms with Crippen LogP contribution in [-0.4, -0.2) is 20.7 Å². The number of aromatic nitrogens is 3. The van der Waals surface area contributed by atoms with E-state index in [2.05, 4.69) is 31.3 Å². The van der Waals surface area contributed by atoms with Gasteiger partial charge in [-0.1, -0.05) is 11.6 Å². The van der Waals surface area contributed by atoms with Crippen molar-refractivity contribution >= 4 is 39.3 Å². The molecule has 3 aromatic rings. The van der Waals surface area contributed by atoms with E-state index in [1.54, 1.807) is 35.3 Å². The summed E-state index contributed by atoms with van der Waals surface area (Å²) in [5, 5.41) is 7.64. The quantitative estimate of drug-likeness (QED) is 0.636. The van der Waals surface area contributed by atoms with Crippen LogP contribution in [0.5, 0.6) is 5.75 Å². The average Bonchev–Trinajstić information content (AvgIpc) is 3.09. The maximum atomic E-state index is 12.2. The predicted octanol–water partition coefficient (Wildman–Crippen LogP) is 4.60. The van der Waals surface area contributed by atoms with Gasteiger partial charge in [-0.15, -0.1) is 0 Å². The molecule has 0 bridgehead atoms. The minimum absolute atomic E-state index is 0.185. The maximum Gasteiger partial charge on any atom is 0.277 e. The third kappa shape index (κ3) is 4.42. The third-order valence-electron chi connectivity index (χ3n) is 3.62. The lowest BCUT2D eigenvalue weighted by molar-refractivity contribution is 0.102. The molecule has 0 saturated carbocycles. The number of nitrogens with one attached hydrogen (secondary N) is 1. The Kier molecular flexibility index (Phi) is 5.58. The van der Waals surface area contributed by atoms with Gasteiger partial charge in [0.15, 0.2) is 12.4 Å². The van der Waals surface area contributed by atoms with Crippen LogP contribution < -0.4 is 10.1 Å². The smallest absolute Gasteiger partial charge is 0.277 e. The first-order chi connectivity index (χ1) is 12.4. The van der Waals surface area contributed by atoms with E-state index in [1.165, 1.54) is 0 Å². The zero-order valence-corrected chi connectivity index (χ0v) is 16.5. The largest absolute Gasteiger partial charge is 0.471 e. The Balaban J connectivity index is 1.62. The van der Waals surface area contributed by atoms with E-state index in [0.29, 0.717) is 11.6 Å². The fourth-order valence-electron chi connectivity index (χ4n) is 2.31. The Bertz CT molecular complexity index is 918. The molecule has 0 radical (unpaired) electrons. The van der Waals surface area contributed by atoms with Gasteiger partial charge in [0.1, 0.15) is 11.6 Å². The van der Waals surface area contributed by atoms with E-state index in [-0.39, 0.29) is 18.3 Å². The van der Waals surface area contributed by atoms with E-state index in [9.17, 15) is 4.79 Å². The number of nitrogens with zero attached hydrogens (tertiary/aromatic N) is 3. The van der Waals surface area contributed by atoms with Crippen LogP contribution >= 0.6 is 27.5 Å². The number of halogens is 2. The van der Waals surface area contributed by atoms with Crippen LogP contribution in [0, 0.1) is 13.8 Å². The number of rotatable bonds is 5. The Morgan fingerprint density at radius 1 is 1.27 bits per heavy atom. The molecule has 2 heterocycles. The zero-order valence-electron chi connectivity index (χ0n) is 14.2. The van der Waals surface area contributed by atoms with Crippen molar-refractivity contribution < 1.29 is 9.53 Å². The highest BCUT2D eigenvalue weighted by atomic mass is 79.9. The van der Waals surface area contributed by atoms with Gasteiger partial charge in [-0.3, -0.25) is 4.79 Å². The van der Waals surface area contributed by atoms with Crippen molar-refractivity contribution in [3.63, 3.8) is 0 Å². The van der Waals surface area contributed by atoms with Crippen molar-refractivity contribution in [2.75, 3.05) is 5.32 Å². The highest BCUT2D eigenvalue weighted by Gasteiger charge is 2.11. The molecule has 1 N–H and O–H groups in total. The van der Waals surface area contributed by atoms with Gasteiger partial charge in [-0.2, -0.15) is 5.10 Å². The number of pyridine rings is 1. The minimum atomic E-state index is -0.336. The molecule has 0 aliphatic heterocycles. The fraction of sp³-hybridized carbons (Fsp3) is 0.167. The van der Waals surface area contributed by atoms with Crippen molar-refractivity contribution in [1.82, 2.24) is 14.8 Å². The Hall–Kier alpha value is -2.38. The second kappa shape index (κ2) is 7.88. The van der Waals surface area contributed by atoms with Gasteiger partial charge in [0.25, 0.3) is 5.91 Å². The molecule has 0 unspecified atom stereocenters. The average molecular weight is 436 g/mol. The number of benzene rings is 1. The first kappa shape index (κ1) is 18.4. The number of hydrogen-bond donors (Lipinski definition) is 1. The normalized spacial score (nSPS) is 10.6. The van der Waals surface area contributed by atoms with Gasteiger partial charge in [0.05, 0.1) is 0 Å². The van der Waals surface area contributed by atoms with Crippen molar-refractivity contribution in [3.8, 4) is 5.75 Å². The van der Waals surface area contributed by atoms with Crippen molar-refractivity contribution in [1.29, 1.82) is 0 Å². The zero-order chi connectivity index (χ0) is 18.7. The van der Waals surface area contributed by atoms with E-state index in [1.807, 2.05) is 26.0 Å². The molecule has 0 fully saturated rings. The highest BCUT2D eigenvalue weighted by molar-refractivity contribution is 9.10. The molecule has 3 rings (SSSR count). The van der Waals surface area contributed by atoms with Crippen LogP contribution in [0.4, 0.5) is 5.82 Å². The standard InChI is InChI=1S/C18H16BrClN4O2/c1-11-7-14(8-12(2)17(11)20)26-10-24-6-5-15(23-24)18(25)22-16-4-3-13(19)9-21-16/h3-9H,10H2,1-2H3,(H,21,22,25). The van der Waals surface area contributed by atoms with Crippen LogP contribution in [0.2, 0.25) is 5.02 Å². The molecule has 2 aromatic heterocycles. The molecule has 134 valence electrons. The van der Waals surface area contributed by atoms with Gasteiger partial charge >= 0.3 is 0 Å². The Morgan fingerprint density at radius 3 is 2.65 bits per heavy atom. The molecule has 0 spiro atoms. The third-order valence-corrected chi connectivity index (χ3v) is 4.68. The number of hydrogen-bond acceptors (Lipinski definition) is 4. The van der Waals surface area contributed by atoms with Crippen molar-refractivity contribution in [3.05, 3.63) is 69.0 Å². The summed E-state index contributed by atoms with van der Waals surface area (Å²) in [6.07, 6.45) is 3.29. The topological polar surface area (TPSA) is 69.0 Å². The lowest BCUT2D eigenvalue weighted by atomic mass is 10.1. The van der Waals surface area contributed by atoms with Crippen LogP contribution in [0.25, 0.3) is 0 Å². The van der Waals surface area contributed by atoms with E-state index < -0.39 is 0 Å². The molecular weight excluding hydrogens is 420 g/mol. The second-order valence-corrected chi connectivity index (χ2v) is 6.99. The molecule has 0 saturated heterocycles. The van der Waals surface area contributed by atoms with Crippen molar-refractivity contribution in [2.45, 2.75) is 20.6 Å². The van der Waals surface area contributed by atoms with Gasteiger partial charge < -0.3 is 10.1 Å². The Morgan fingerprint density at radius 2 is 2.00 bits per heavy atom. The summed E-state index contributed by atoms with van der Waals surface area (Å²) in [4.78, 5) is 16.3. The summed E-state index contributed by atoms with van der Waals surface area (Å²) in [5.41, 5.74) is 2.18. The van der Waals surface area contributed by atoms with Crippen LogP contribution in [-0.2, 0) is 6.73 Å². The molecule has 1 amide bonds. The molecule has 8 heteroatoms. The molecule has 0 aliphatic rings. The number of carbonyl (C=O) groups excluding carboxylic acids is 1. The lowest BCUT2D eigenvalue weighted by Crippen LogP contribution is -2.15. The first-order valence-corrected chi connectivity index (χ1v) is 8.95. The van der Waals surface area contributed by atoms with Gasteiger partial charge in [0.2, 0.25) is 0 Å². The molecular formula is C18H16BrClN4O2. The SMILES string of the molecule is Cc1cc(OCn2ccc(C(=O)Nc3ccc(Br)cn3)n2)cc(C)c1Cl. The summed E-state index contributed by atoms with van der Waals surface area (Å²) < 4.78 is 8.11. The fourth-order valence-corrected chi connectivity index (χ4v) is 2.66. The van der Waals surface area contributed by atoms with Crippen LogP contribution in [0.1, 0.15) is 21.6 Å². The van der Waals surface area contributed by atoms with Gasteiger partial charge in [-0.05, 0) is 71.2 Å². The minimum Gasteiger partial charge on any atom is -0.471 e. The maximum absolute atomic E-state index is 12.2. The monoisotopic (exact) mass is 434 g/mol. The number of aryl methyl sites for hydroxylation is 2. The van der Waals surface area contributed by atoms with Gasteiger partial charge in [-0.25, -0.2) is 9.67 Å². The van der Waals surface area contributed by atoms with E-state index in [0.717, 1.165) is 20.6 Å². The summed E-state index contributed by atoms with van der Waals surface area (Å²) >= 11 is 9.45. The first-order valence-electron chi connectivity index (χ1n) is 7.78. The Labute approximate surface area is 164 Å². The lowest BCUT2D eigenvalue weighted by Gasteiger charge is -2.10. The summed E-state index contributed by atoms with van der Waals surface area (Å²) in [7, 11) is 0. The predicted molar refractivity (Wildman–Crippen MR) is 104 cm³/mol. The molecule has 6 nitrogen and oxygen atoms in total.